The molecule has 0 saturated heterocycles. The second-order valence-corrected chi connectivity index (χ2v) is 2.62. The molecule has 0 aromatic carbocycles. The minimum absolute atomic E-state index is 0.308. The summed E-state index contributed by atoms with van der Waals surface area (Å²) in [6, 6.07) is 0. The van der Waals surface area contributed by atoms with Crippen molar-refractivity contribution in [3.63, 3.8) is 0 Å². The Balaban J connectivity index is 3.03. The van der Waals surface area contributed by atoms with Gasteiger partial charge in [-0.2, -0.15) is 10.2 Å². The van der Waals surface area contributed by atoms with Gasteiger partial charge in [-0.25, -0.2) is 4.98 Å². The van der Waals surface area contributed by atoms with E-state index >= 15 is 0 Å². The number of nitrogens with zero attached hydrogens (tertiary/aromatic N) is 4. The van der Waals surface area contributed by atoms with Crippen LogP contribution in [0.1, 0.15) is 5.82 Å². The number of fused-ring (bicyclic) bond motifs is 1. The Morgan fingerprint density at radius 2 is 2.08 bits per heavy atom. The summed E-state index contributed by atoms with van der Waals surface area (Å²) >= 11 is 0. The standard InChI is InChI=1S/C7H5BN4O/c1-4-11-6-3-10-9-2-5(6)7(13)12(4)8/h2-3H,1H3. The molecule has 0 spiro atoms. The summed E-state index contributed by atoms with van der Waals surface area (Å²) in [6.07, 6.45) is 2.79. The van der Waals surface area contributed by atoms with Crippen LogP contribution in [0.4, 0.5) is 0 Å². The highest BCUT2D eigenvalue weighted by atomic mass is 16.1. The number of rotatable bonds is 0. The van der Waals surface area contributed by atoms with E-state index < -0.39 is 0 Å². The van der Waals surface area contributed by atoms with Crippen LogP contribution < -0.4 is 5.56 Å². The molecule has 62 valence electrons. The third kappa shape index (κ3) is 1.10. The average Bonchev–Trinajstić information content (AvgIpc) is 2.15. The van der Waals surface area contributed by atoms with Crippen LogP contribution in [-0.4, -0.2) is 27.6 Å². The molecular formula is C7H5BN4O. The van der Waals surface area contributed by atoms with Crippen LogP contribution in [0.25, 0.3) is 10.9 Å². The molecule has 0 atom stereocenters. The summed E-state index contributed by atoms with van der Waals surface area (Å²) in [7, 11) is 5.44. The number of hydrogen-bond donors (Lipinski definition) is 0. The molecular weight excluding hydrogens is 167 g/mol. The lowest BCUT2D eigenvalue weighted by Crippen LogP contribution is -2.22. The largest absolute Gasteiger partial charge is 0.354 e. The van der Waals surface area contributed by atoms with E-state index in [2.05, 4.69) is 15.2 Å². The number of aromatic nitrogens is 4. The van der Waals surface area contributed by atoms with E-state index in [0.717, 1.165) is 4.48 Å². The summed E-state index contributed by atoms with van der Waals surface area (Å²) in [6.45, 7) is 1.65. The molecule has 2 heterocycles. The second-order valence-electron chi connectivity index (χ2n) is 2.62. The highest BCUT2D eigenvalue weighted by molar-refractivity contribution is 6.07. The van der Waals surface area contributed by atoms with Gasteiger partial charge in [-0.3, -0.25) is 4.79 Å². The normalized spacial score (nSPS) is 10.5. The van der Waals surface area contributed by atoms with Crippen molar-refractivity contribution in [1.82, 2.24) is 19.7 Å². The van der Waals surface area contributed by atoms with Gasteiger partial charge in [-0.15, -0.1) is 0 Å². The van der Waals surface area contributed by atoms with Crippen molar-refractivity contribution < 1.29 is 0 Å². The Bertz CT molecular complexity index is 521. The van der Waals surface area contributed by atoms with Crippen LogP contribution in [0.2, 0.25) is 0 Å². The van der Waals surface area contributed by atoms with E-state index in [-0.39, 0.29) is 5.56 Å². The summed E-state index contributed by atoms with van der Waals surface area (Å²) < 4.78 is 0.990. The zero-order valence-corrected chi connectivity index (χ0v) is 6.93. The molecule has 0 unspecified atom stereocenters. The Morgan fingerprint density at radius 3 is 2.85 bits per heavy atom. The Hall–Kier alpha value is -1.72. The van der Waals surface area contributed by atoms with Crippen molar-refractivity contribution in [2.75, 3.05) is 0 Å². The molecule has 0 aliphatic rings. The lowest BCUT2D eigenvalue weighted by Gasteiger charge is -2.03. The topological polar surface area (TPSA) is 60.7 Å². The zero-order chi connectivity index (χ0) is 9.42. The monoisotopic (exact) mass is 172 g/mol. The average molecular weight is 172 g/mol. The molecule has 0 aliphatic carbocycles. The predicted molar refractivity (Wildman–Crippen MR) is 47.5 cm³/mol. The van der Waals surface area contributed by atoms with E-state index in [1.54, 1.807) is 6.92 Å². The van der Waals surface area contributed by atoms with E-state index in [1.165, 1.54) is 12.4 Å². The first-order valence-electron chi connectivity index (χ1n) is 3.65. The SMILES string of the molecule is [B]n1c(C)nc2cnncc2c1=O. The molecule has 6 heteroatoms. The molecule has 0 bridgehead atoms. The lowest BCUT2D eigenvalue weighted by molar-refractivity contribution is 0.964. The predicted octanol–water partition coefficient (Wildman–Crippen LogP) is -0.573. The van der Waals surface area contributed by atoms with Gasteiger partial charge in [0.25, 0.3) is 0 Å². The third-order valence-corrected chi connectivity index (χ3v) is 1.79. The van der Waals surface area contributed by atoms with Crippen molar-refractivity contribution in [3.05, 3.63) is 28.6 Å². The smallest absolute Gasteiger partial charge is 0.249 e. The van der Waals surface area contributed by atoms with Crippen molar-refractivity contribution in [2.45, 2.75) is 6.92 Å². The van der Waals surface area contributed by atoms with E-state index in [4.69, 9.17) is 7.98 Å². The van der Waals surface area contributed by atoms with E-state index in [1.807, 2.05) is 0 Å². The van der Waals surface area contributed by atoms with Gasteiger partial charge >= 0.3 is 0 Å². The maximum atomic E-state index is 11.5. The quantitative estimate of drug-likeness (QED) is 0.499. The van der Waals surface area contributed by atoms with Gasteiger partial charge in [0, 0.05) is 0 Å². The maximum Gasteiger partial charge on any atom is 0.249 e. The number of hydrogen-bond acceptors (Lipinski definition) is 4. The second kappa shape index (κ2) is 2.65. The van der Waals surface area contributed by atoms with Crippen LogP contribution in [0.5, 0.6) is 0 Å². The summed E-state index contributed by atoms with van der Waals surface area (Å²) in [5, 5.41) is 7.59. The highest BCUT2D eigenvalue weighted by Gasteiger charge is 2.03. The zero-order valence-electron chi connectivity index (χ0n) is 6.93. The fraction of sp³-hybridized carbons (Fsp3) is 0.143. The van der Waals surface area contributed by atoms with Crippen LogP contribution in [0.3, 0.4) is 0 Å². The van der Waals surface area contributed by atoms with Crippen molar-refractivity contribution in [2.24, 2.45) is 0 Å². The van der Waals surface area contributed by atoms with Gasteiger partial charge in [-0.05, 0) is 6.92 Å². The molecule has 2 radical (unpaired) electrons. The van der Waals surface area contributed by atoms with Crippen molar-refractivity contribution in [3.8, 4) is 0 Å². The Labute approximate surface area is 74.9 Å². The van der Waals surface area contributed by atoms with Crippen LogP contribution in [0.15, 0.2) is 17.2 Å². The minimum atomic E-state index is -0.308. The maximum absolute atomic E-state index is 11.5. The molecule has 0 N–H and O–H groups in total. The lowest BCUT2D eigenvalue weighted by atomic mass is 10.3. The first-order valence-corrected chi connectivity index (χ1v) is 3.65. The molecule has 0 aliphatic heterocycles. The fourth-order valence-electron chi connectivity index (χ4n) is 1.07. The van der Waals surface area contributed by atoms with Crippen molar-refractivity contribution >= 4 is 18.9 Å². The molecule has 2 rings (SSSR count). The van der Waals surface area contributed by atoms with E-state index in [0.29, 0.717) is 16.7 Å². The molecule has 2 aromatic rings. The van der Waals surface area contributed by atoms with Gasteiger partial charge < -0.3 is 4.48 Å². The van der Waals surface area contributed by atoms with Crippen LogP contribution in [-0.2, 0) is 0 Å². The van der Waals surface area contributed by atoms with Crippen molar-refractivity contribution in [1.29, 1.82) is 0 Å². The molecule has 0 saturated carbocycles. The van der Waals surface area contributed by atoms with E-state index in [9.17, 15) is 4.79 Å². The minimum Gasteiger partial charge on any atom is -0.354 e. The van der Waals surface area contributed by atoms with Crippen LogP contribution in [0, 0.1) is 6.92 Å². The Kier molecular flexibility index (Phi) is 1.61. The summed E-state index contributed by atoms with van der Waals surface area (Å²) in [5.41, 5.74) is 0.205. The summed E-state index contributed by atoms with van der Waals surface area (Å²) in [5.74, 6) is 0.450. The molecule has 5 nitrogen and oxygen atoms in total. The Morgan fingerprint density at radius 1 is 1.38 bits per heavy atom. The molecule has 0 fully saturated rings. The van der Waals surface area contributed by atoms with Gasteiger partial charge in [0.1, 0.15) is 0 Å². The van der Waals surface area contributed by atoms with Gasteiger partial charge in [-0.1, -0.05) is 0 Å². The van der Waals surface area contributed by atoms with Crippen LogP contribution >= 0.6 is 0 Å². The highest BCUT2D eigenvalue weighted by Crippen LogP contribution is 2.02. The molecule has 2 aromatic heterocycles. The number of aryl methyl sites for hydroxylation is 1. The molecule has 0 amide bonds. The first-order chi connectivity index (χ1) is 6.20. The summed E-state index contributed by atoms with van der Waals surface area (Å²) in [4.78, 5) is 15.6. The first kappa shape index (κ1) is 7.91. The molecule has 13 heavy (non-hydrogen) atoms. The van der Waals surface area contributed by atoms with Gasteiger partial charge in [0.05, 0.1) is 29.1 Å². The third-order valence-electron chi connectivity index (χ3n) is 1.79. The van der Waals surface area contributed by atoms with Gasteiger partial charge in [0.15, 0.2) is 0 Å². The van der Waals surface area contributed by atoms with Gasteiger partial charge in [0.2, 0.25) is 13.5 Å². The fourth-order valence-corrected chi connectivity index (χ4v) is 1.07.